The van der Waals surface area contributed by atoms with Crippen molar-refractivity contribution in [3.8, 4) is 5.88 Å². The number of nitrogens with zero attached hydrogens (tertiary/aromatic N) is 2. The standard InChI is InChI=1S/C30H30ClN3O3/c31-23-11-14-25-26(18-23)33-30(37)28(25)29(22-9-4-20(5-10-22)8-15-27(35)36)32-24-12-6-21(7-13-24)19-34-16-2-1-3-17-34/h4-7,9-14,18,33,37H,1-3,8,15-17,19H2,(H,35,36). The minimum atomic E-state index is -0.822. The fourth-order valence-electron chi connectivity index (χ4n) is 4.92. The number of hydrogen-bond donors (Lipinski definition) is 3. The number of aryl methyl sites for hydroxylation is 1. The molecule has 0 saturated carbocycles. The van der Waals surface area contributed by atoms with Gasteiger partial charge >= 0.3 is 5.97 Å². The number of piperidine rings is 1. The van der Waals surface area contributed by atoms with Crippen LogP contribution in [-0.2, 0) is 17.8 Å². The van der Waals surface area contributed by atoms with Gasteiger partial charge in [0, 0.05) is 28.9 Å². The lowest BCUT2D eigenvalue weighted by Crippen LogP contribution is -2.28. The number of carbonyl (C=O) groups is 1. The van der Waals surface area contributed by atoms with Crippen molar-refractivity contribution in [3.63, 3.8) is 0 Å². The van der Waals surface area contributed by atoms with Gasteiger partial charge in [0.15, 0.2) is 5.88 Å². The molecule has 0 amide bonds. The molecule has 6 nitrogen and oxygen atoms in total. The zero-order valence-corrected chi connectivity index (χ0v) is 21.3. The van der Waals surface area contributed by atoms with E-state index in [9.17, 15) is 9.90 Å². The number of rotatable bonds is 8. The zero-order chi connectivity index (χ0) is 25.8. The number of aliphatic carboxylic acids is 1. The average Bonchev–Trinajstić information content (AvgIpc) is 3.22. The molecule has 5 rings (SSSR count). The van der Waals surface area contributed by atoms with Gasteiger partial charge in [-0.1, -0.05) is 60.5 Å². The van der Waals surface area contributed by atoms with Crippen LogP contribution in [0.4, 0.5) is 5.69 Å². The van der Waals surface area contributed by atoms with Crippen LogP contribution >= 0.6 is 11.6 Å². The van der Waals surface area contributed by atoms with E-state index >= 15 is 0 Å². The number of H-pyrrole nitrogens is 1. The van der Waals surface area contributed by atoms with Gasteiger partial charge in [0.05, 0.1) is 22.5 Å². The van der Waals surface area contributed by atoms with Crippen LogP contribution < -0.4 is 0 Å². The van der Waals surface area contributed by atoms with E-state index in [2.05, 4.69) is 22.0 Å². The number of aromatic amines is 1. The molecule has 0 bridgehead atoms. The first-order valence-electron chi connectivity index (χ1n) is 12.7. The molecule has 0 atom stereocenters. The van der Waals surface area contributed by atoms with Gasteiger partial charge in [-0.3, -0.25) is 9.69 Å². The Kier molecular flexibility index (Phi) is 7.58. The summed E-state index contributed by atoms with van der Waals surface area (Å²) in [6.45, 7) is 3.24. The molecule has 0 unspecified atom stereocenters. The molecule has 1 aliphatic rings. The van der Waals surface area contributed by atoms with E-state index in [4.69, 9.17) is 21.7 Å². The Bertz CT molecular complexity index is 1420. The number of carboxylic acid groups (broad SMARTS) is 1. The molecule has 3 aromatic carbocycles. The van der Waals surface area contributed by atoms with Crippen LogP contribution in [0.25, 0.3) is 10.9 Å². The average molecular weight is 516 g/mol. The zero-order valence-electron chi connectivity index (χ0n) is 20.6. The third-order valence-corrected chi connectivity index (χ3v) is 7.10. The van der Waals surface area contributed by atoms with Gasteiger partial charge in [0.2, 0.25) is 0 Å². The fourth-order valence-corrected chi connectivity index (χ4v) is 5.09. The van der Waals surface area contributed by atoms with Gasteiger partial charge in [-0.15, -0.1) is 0 Å². The smallest absolute Gasteiger partial charge is 0.303 e. The fraction of sp³-hybridized carbons (Fsp3) is 0.267. The SMILES string of the molecule is O=C(O)CCc1ccc(C(=Nc2ccc(CN3CCCCC3)cc2)c2c(O)[nH]c3cc(Cl)ccc23)cc1. The summed E-state index contributed by atoms with van der Waals surface area (Å²) in [5, 5.41) is 21.3. The van der Waals surface area contributed by atoms with Gasteiger partial charge in [0.1, 0.15) is 0 Å². The molecule has 7 heteroatoms. The minimum absolute atomic E-state index is 0.0210. The molecule has 1 aromatic heterocycles. The number of aromatic hydroxyl groups is 1. The van der Waals surface area contributed by atoms with E-state index in [-0.39, 0.29) is 12.3 Å². The van der Waals surface area contributed by atoms with Crippen molar-refractivity contribution >= 4 is 39.9 Å². The predicted molar refractivity (Wildman–Crippen MR) is 148 cm³/mol. The topological polar surface area (TPSA) is 88.9 Å². The largest absolute Gasteiger partial charge is 0.494 e. The molecule has 0 radical (unpaired) electrons. The van der Waals surface area contributed by atoms with Crippen LogP contribution in [0.5, 0.6) is 5.88 Å². The molecule has 2 heterocycles. The van der Waals surface area contributed by atoms with Crippen molar-refractivity contribution in [1.29, 1.82) is 0 Å². The lowest BCUT2D eigenvalue weighted by Gasteiger charge is -2.26. The molecule has 4 aromatic rings. The summed E-state index contributed by atoms with van der Waals surface area (Å²) in [4.78, 5) is 21.5. The number of likely N-dealkylation sites (tertiary alicyclic amines) is 1. The Labute approximate surface area is 221 Å². The molecular weight excluding hydrogens is 486 g/mol. The first kappa shape index (κ1) is 25.1. The highest BCUT2D eigenvalue weighted by molar-refractivity contribution is 6.31. The van der Waals surface area contributed by atoms with Crippen LogP contribution in [0.3, 0.4) is 0 Å². The number of hydrogen-bond acceptors (Lipinski definition) is 4. The summed E-state index contributed by atoms with van der Waals surface area (Å²) >= 11 is 6.18. The molecule has 3 N–H and O–H groups in total. The molecule has 1 saturated heterocycles. The monoisotopic (exact) mass is 515 g/mol. The van der Waals surface area contributed by atoms with Crippen LogP contribution in [0.15, 0.2) is 71.7 Å². The summed E-state index contributed by atoms with van der Waals surface area (Å²) in [5.41, 5.74) is 5.75. The van der Waals surface area contributed by atoms with Crippen LogP contribution in [0.1, 0.15) is 47.9 Å². The highest BCUT2D eigenvalue weighted by Gasteiger charge is 2.19. The van der Waals surface area contributed by atoms with Gasteiger partial charge < -0.3 is 15.2 Å². The third kappa shape index (κ3) is 6.04. The Morgan fingerprint density at radius 3 is 2.35 bits per heavy atom. The van der Waals surface area contributed by atoms with Crippen molar-refractivity contribution in [2.75, 3.05) is 13.1 Å². The molecule has 0 spiro atoms. The van der Waals surface area contributed by atoms with E-state index in [1.54, 1.807) is 12.1 Å². The van der Waals surface area contributed by atoms with E-state index in [1.165, 1.54) is 24.8 Å². The Morgan fingerprint density at radius 1 is 0.946 bits per heavy atom. The summed E-state index contributed by atoms with van der Waals surface area (Å²) in [7, 11) is 0. The van der Waals surface area contributed by atoms with Crippen molar-refractivity contribution in [2.24, 2.45) is 4.99 Å². The maximum atomic E-state index is 11.0. The van der Waals surface area contributed by atoms with Crippen molar-refractivity contribution < 1.29 is 15.0 Å². The number of carboxylic acids is 1. The molecular formula is C30H30ClN3O3. The molecule has 37 heavy (non-hydrogen) atoms. The van der Waals surface area contributed by atoms with E-state index < -0.39 is 5.97 Å². The number of benzene rings is 3. The third-order valence-electron chi connectivity index (χ3n) is 6.86. The van der Waals surface area contributed by atoms with Gasteiger partial charge in [-0.2, -0.15) is 0 Å². The van der Waals surface area contributed by atoms with Crippen LogP contribution in [-0.4, -0.2) is 44.9 Å². The predicted octanol–water partition coefficient (Wildman–Crippen LogP) is 6.70. The lowest BCUT2D eigenvalue weighted by molar-refractivity contribution is -0.136. The molecule has 0 aliphatic carbocycles. The van der Waals surface area contributed by atoms with Gasteiger partial charge in [-0.25, -0.2) is 4.99 Å². The highest BCUT2D eigenvalue weighted by atomic mass is 35.5. The van der Waals surface area contributed by atoms with Crippen LogP contribution in [0, 0.1) is 0 Å². The highest BCUT2D eigenvalue weighted by Crippen LogP contribution is 2.33. The van der Waals surface area contributed by atoms with E-state index in [0.29, 0.717) is 22.7 Å². The Hall–Kier alpha value is -3.61. The Balaban J connectivity index is 1.51. The molecule has 1 fully saturated rings. The second-order valence-corrected chi connectivity index (χ2v) is 10.0. The van der Waals surface area contributed by atoms with Crippen molar-refractivity contribution in [3.05, 3.63) is 94.0 Å². The summed E-state index contributed by atoms with van der Waals surface area (Å²) in [5.74, 6) is -0.801. The second kappa shape index (κ2) is 11.2. The normalized spacial score (nSPS) is 14.8. The number of fused-ring (bicyclic) bond motifs is 1. The number of halogens is 1. The first-order chi connectivity index (χ1) is 18.0. The molecule has 1 aliphatic heterocycles. The molecule has 190 valence electrons. The first-order valence-corrected chi connectivity index (χ1v) is 13.1. The Morgan fingerprint density at radius 2 is 1.65 bits per heavy atom. The van der Waals surface area contributed by atoms with Crippen molar-refractivity contribution in [2.45, 2.75) is 38.6 Å². The quantitative estimate of drug-likeness (QED) is 0.228. The van der Waals surface area contributed by atoms with Crippen LogP contribution in [0.2, 0.25) is 5.02 Å². The van der Waals surface area contributed by atoms with E-state index in [1.807, 2.05) is 42.5 Å². The lowest BCUT2D eigenvalue weighted by atomic mass is 9.98. The number of nitrogens with one attached hydrogen (secondary N) is 1. The minimum Gasteiger partial charge on any atom is -0.494 e. The number of aromatic nitrogens is 1. The van der Waals surface area contributed by atoms with Gasteiger partial charge in [0.25, 0.3) is 0 Å². The summed E-state index contributed by atoms with van der Waals surface area (Å²) < 4.78 is 0. The maximum absolute atomic E-state index is 11.0. The van der Waals surface area contributed by atoms with E-state index in [0.717, 1.165) is 47.4 Å². The number of aliphatic imine (C=N–C) groups is 1. The summed E-state index contributed by atoms with van der Waals surface area (Å²) in [6, 6.07) is 21.4. The van der Waals surface area contributed by atoms with Crippen molar-refractivity contribution in [1.82, 2.24) is 9.88 Å². The summed E-state index contributed by atoms with van der Waals surface area (Å²) in [6.07, 6.45) is 4.38. The second-order valence-electron chi connectivity index (χ2n) is 9.59. The maximum Gasteiger partial charge on any atom is 0.303 e. The van der Waals surface area contributed by atoms with Gasteiger partial charge in [-0.05, 0) is 67.7 Å².